The molecule has 4 amide bonds. The SMILES string of the molecule is O=C(O)CCN1C(=O)[C@H]2[C@H](CC=C3[C@H]2C[C@@]2(Cl)C(=O)N(CBr)C(=O)[C@@]2(Cl)[C@H]3c2cccc(O)c2)C1=O. The summed E-state index contributed by atoms with van der Waals surface area (Å²) in [6.45, 7) is -0.252. The number of phenolic OH excluding ortho intramolecular Hbond substituents is 1. The van der Waals surface area contributed by atoms with Crippen LogP contribution in [0.25, 0.3) is 0 Å². The summed E-state index contributed by atoms with van der Waals surface area (Å²) in [5.41, 5.74) is 0.921. The van der Waals surface area contributed by atoms with Gasteiger partial charge in [0.15, 0.2) is 9.75 Å². The van der Waals surface area contributed by atoms with Gasteiger partial charge in [0.2, 0.25) is 11.8 Å². The van der Waals surface area contributed by atoms with E-state index in [0.717, 1.165) is 9.80 Å². The van der Waals surface area contributed by atoms with Crippen molar-refractivity contribution >= 4 is 68.7 Å². The highest BCUT2D eigenvalue weighted by molar-refractivity contribution is 9.09. The molecule has 6 atom stereocenters. The zero-order valence-electron chi connectivity index (χ0n) is 18.7. The summed E-state index contributed by atoms with van der Waals surface area (Å²) >= 11 is 17.3. The summed E-state index contributed by atoms with van der Waals surface area (Å²) in [7, 11) is 0. The van der Waals surface area contributed by atoms with Crippen molar-refractivity contribution in [2.24, 2.45) is 17.8 Å². The second-order valence-electron chi connectivity index (χ2n) is 9.55. The van der Waals surface area contributed by atoms with E-state index in [2.05, 4.69) is 15.9 Å². The summed E-state index contributed by atoms with van der Waals surface area (Å²) in [6, 6.07) is 6.14. The number of hydrogen-bond acceptors (Lipinski definition) is 6. The van der Waals surface area contributed by atoms with Crippen molar-refractivity contribution in [3.8, 4) is 5.75 Å². The van der Waals surface area contributed by atoms with Gasteiger partial charge in [-0.05, 0) is 36.5 Å². The highest BCUT2D eigenvalue weighted by Gasteiger charge is 2.76. The number of halogens is 3. The molecule has 0 aromatic heterocycles. The Morgan fingerprint density at radius 1 is 1.08 bits per heavy atom. The molecule has 1 aromatic rings. The van der Waals surface area contributed by atoms with E-state index in [1.165, 1.54) is 12.1 Å². The number of likely N-dealkylation sites (tertiary alicyclic amines) is 2. The van der Waals surface area contributed by atoms with Gasteiger partial charge in [-0.15, -0.1) is 23.2 Å². The highest BCUT2D eigenvalue weighted by Crippen LogP contribution is 2.65. The molecular weight excluding hydrogens is 579 g/mol. The quantitative estimate of drug-likeness (QED) is 0.230. The van der Waals surface area contributed by atoms with Gasteiger partial charge in [0, 0.05) is 12.5 Å². The molecule has 190 valence electrons. The lowest BCUT2D eigenvalue weighted by atomic mass is 9.56. The fourth-order valence-corrected chi connectivity index (χ4v) is 7.75. The molecule has 12 heteroatoms. The van der Waals surface area contributed by atoms with Crippen molar-refractivity contribution in [2.75, 3.05) is 12.0 Å². The molecule has 2 heterocycles. The number of fused-ring (bicyclic) bond motifs is 4. The van der Waals surface area contributed by atoms with E-state index in [-0.39, 0.29) is 37.0 Å². The van der Waals surface area contributed by atoms with Crippen LogP contribution in [0.2, 0.25) is 0 Å². The van der Waals surface area contributed by atoms with E-state index in [1.807, 2.05) is 0 Å². The number of carbonyl (C=O) groups excluding carboxylic acids is 4. The fourth-order valence-electron chi connectivity index (χ4n) is 6.32. The maximum absolute atomic E-state index is 13.6. The minimum Gasteiger partial charge on any atom is -0.508 e. The predicted molar refractivity (Wildman–Crippen MR) is 130 cm³/mol. The molecule has 1 saturated carbocycles. The Morgan fingerprint density at radius 2 is 1.81 bits per heavy atom. The minimum absolute atomic E-state index is 0.0783. The molecule has 9 nitrogen and oxygen atoms in total. The second-order valence-corrected chi connectivity index (χ2v) is 11.3. The van der Waals surface area contributed by atoms with Crippen LogP contribution in [0.15, 0.2) is 35.9 Å². The molecule has 2 aliphatic carbocycles. The van der Waals surface area contributed by atoms with Crippen LogP contribution in [0, 0.1) is 17.8 Å². The first-order chi connectivity index (χ1) is 17.0. The maximum Gasteiger partial charge on any atom is 0.305 e. The van der Waals surface area contributed by atoms with Gasteiger partial charge in [-0.25, -0.2) is 0 Å². The van der Waals surface area contributed by atoms with Gasteiger partial charge in [0.25, 0.3) is 11.8 Å². The molecule has 2 aliphatic heterocycles. The second kappa shape index (κ2) is 8.56. The Balaban J connectivity index is 1.66. The number of alkyl halides is 3. The van der Waals surface area contributed by atoms with Crippen LogP contribution < -0.4 is 0 Å². The van der Waals surface area contributed by atoms with E-state index < -0.39 is 63.0 Å². The molecule has 5 rings (SSSR count). The van der Waals surface area contributed by atoms with E-state index >= 15 is 0 Å². The molecule has 2 N–H and O–H groups in total. The lowest BCUT2D eigenvalue weighted by Gasteiger charge is -2.50. The number of carboxylic acid groups (broad SMARTS) is 1. The summed E-state index contributed by atoms with van der Waals surface area (Å²) in [5, 5.41) is 19.2. The number of aromatic hydroxyl groups is 1. The van der Waals surface area contributed by atoms with Crippen LogP contribution in [-0.4, -0.2) is 71.4 Å². The Morgan fingerprint density at radius 3 is 2.44 bits per heavy atom. The summed E-state index contributed by atoms with van der Waals surface area (Å²) in [5.74, 6) is -6.84. The number of hydrogen-bond donors (Lipinski definition) is 2. The van der Waals surface area contributed by atoms with E-state index in [4.69, 9.17) is 28.3 Å². The van der Waals surface area contributed by atoms with Crippen LogP contribution in [-0.2, 0) is 24.0 Å². The largest absolute Gasteiger partial charge is 0.508 e. The molecule has 1 aromatic carbocycles. The van der Waals surface area contributed by atoms with E-state index in [9.17, 15) is 29.1 Å². The molecular formula is C24H21BrCl2N2O7. The third-order valence-electron chi connectivity index (χ3n) is 7.86. The van der Waals surface area contributed by atoms with Crippen molar-refractivity contribution in [1.29, 1.82) is 0 Å². The number of carboxylic acids is 1. The fraction of sp³-hybridized carbons (Fsp3) is 0.458. The monoisotopic (exact) mass is 598 g/mol. The third-order valence-corrected chi connectivity index (χ3v) is 9.77. The molecule has 0 bridgehead atoms. The lowest BCUT2D eigenvalue weighted by Crippen LogP contribution is -2.60. The summed E-state index contributed by atoms with van der Waals surface area (Å²) < 4.78 is 0. The average Bonchev–Trinajstić information content (AvgIpc) is 3.15. The van der Waals surface area contributed by atoms with Gasteiger partial charge in [-0.3, -0.25) is 33.8 Å². The number of amides is 4. The number of nitrogens with zero attached hydrogens (tertiary/aromatic N) is 2. The standard InChI is InChI=1S/C24H21BrCl2N2O7/c25-10-29-21(35)23(26)9-15-13(18(24(23,27)22(29)36)11-2-1-3-12(30)8-11)4-5-14-17(15)20(34)28(19(14)33)7-6-16(31)32/h1-4,8,14-15,17-18,30H,5-7,9-10H2,(H,31,32)/t14-,15+,17-,18-,23+,24-/m0/s1. The normalized spacial score (nSPS) is 35.5. The minimum atomic E-state index is -1.93. The predicted octanol–water partition coefficient (Wildman–Crippen LogP) is 2.58. The number of carbonyl (C=O) groups is 5. The number of benzene rings is 1. The van der Waals surface area contributed by atoms with Gasteiger partial charge < -0.3 is 10.2 Å². The van der Waals surface area contributed by atoms with Crippen LogP contribution >= 0.6 is 39.1 Å². The first kappa shape index (κ1) is 25.2. The first-order valence-corrected chi connectivity index (χ1v) is 13.2. The van der Waals surface area contributed by atoms with Crippen molar-refractivity contribution in [1.82, 2.24) is 9.80 Å². The van der Waals surface area contributed by atoms with Crippen LogP contribution in [0.4, 0.5) is 0 Å². The number of allylic oxidation sites excluding steroid dienone is 2. The zero-order valence-corrected chi connectivity index (χ0v) is 21.8. The topological polar surface area (TPSA) is 132 Å². The number of phenols is 1. The average molecular weight is 600 g/mol. The van der Waals surface area contributed by atoms with Crippen LogP contribution in [0.3, 0.4) is 0 Å². The molecule has 0 radical (unpaired) electrons. The third kappa shape index (κ3) is 3.23. The molecule has 2 saturated heterocycles. The number of rotatable bonds is 5. The van der Waals surface area contributed by atoms with E-state index in [1.54, 1.807) is 18.2 Å². The maximum atomic E-state index is 13.6. The van der Waals surface area contributed by atoms with Crippen LogP contribution in [0.1, 0.15) is 30.7 Å². The molecule has 3 fully saturated rings. The van der Waals surface area contributed by atoms with Gasteiger partial charge in [0.05, 0.1) is 23.7 Å². The Kier molecular flexibility index (Phi) is 6.00. The molecule has 0 spiro atoms. The van der Waals surface area contributed by atoms with Crippen molar-refractivity contribution in [3.63, 3.8) is 0 Å². The summed E-state index contributed by atoms with van der Waals surface area (Å²) in [4.78, 5) is 62.7. The number of aliphatic carboxylic acids is 1. The Labute approximate surface area is 224 Å². The molecule has 4 aliphatic rings. The van der Waals surface area contributed by atoms with Crippen molar-refractivity contribution in [3.05, 3.63) is 41.5 Å². The van der Waals surface area contributed by atoms with Gasteiger partial charge in [-0.1, -0.05) is 39.7 Å². The molecule has 0 unspecified atom stereocenters. The van der Waals surface area contributed by atoms with Crippen LogP contribution in [0.5, 0.6) is 5.75 Å². The van der Waals surface area contributed by atoms with Crippen molar-refractivity contribution in [2.45, 2.75) is 34.9 Å². The molecule has 36 heavy (non-hydrogen) atoms. The van der Waals surface area contributed by atoms with Gasteiger partial charge in [-0.2, -0.15) is 0 Å². The Hall–Kier alpha value is -2.43. The van der Waals surface area contributed by atoms with Gasteiger partial charge >= 0.3 is 5.97 Å². The number of imide groups is 2. The summed E-state index contributed by atoms with van der Waals surface area (Å²) in [6.07, 6.45) is 1.43. The smallest absolute Gasteiger partial charge is 0.305 e. The highest BCUT2D eigenvalue weighted by atomic mass is 79.9. The van der Waals surface area contributed by atoms with Crippen molar-refractivity contribution < 1.29 is 34.2 Å². The Bertz CT molecular complexity index is 1250. The van der Waals surface area contributed by atoms with Gasteiger partial charge in [0.1, 0.15) is 5.75 Å². The van der Waals surface area contributed by atoms with E-state index in [0.29, 0.717) is 11.1 Å². The zero-order chi connectivity index (χ0) is 26.2. The first-order valence-electron chi connectivity index (χ1n) is 11.3. The lowest BCUT2D eigenvalue weighted by molar-refractivity contribution is -0.143.